The molecule has 1 aromatic heterocycles. The Morgan fingerprint density at radius 3 is 3.00 bits per heavy atom. The Kier molecular flexibility index (Phi) is 3.93. The average Bonchev–Trinajstić information content (AvgIpc) is 3.07. The van der Waals surface area contributed by atoms with Crippen LogP contribution in [-0.4, -0.2) is 20.8 Å². The van der Waals surface area contributed by atoms with Crippen molar-refractivity contribution in [2.24, 2.45) is 0 Å². The Hall–Kier alpha value is -1.85. The molecule has 22 heavy (non-hydrogen) atoms. The number of hydrogen-bond acceptors (Lipinski definition) is 3. The van der Waals surface area contributed by atoms with E-state index in [1.807, 2.05) is 10.7 Å². The summed E-state index contributed by atoms with van der Waals surface area (Å²) < 4.78 is 1.89. The molecule has 0 saturated heterocycles. The van der Waals surface area contributed by atoms with Gasteiger partial charge in [-0.3, -0.25) is 9.48 Å². The highest BCUT2D eigenvalue weighted by Gasteiger charge is 2.36. The van der Waals surface area contributed by atoms with Crippen molar-refractivity contribution >= 4 is 23.3 Å². The quantitative estimate of drug-likeness (QED) is 0.910. The van der Waals surface area contributed by atoms with E-state index in [0.717, 1.165) is 25.1 Å². The molecule has 1 amide bonds. The predicted molar refractivity (Wildman–Crippen MR) is 84.8 cm³/mol. The van der Waals surface area contributed by atoms with Gasteiger partial charge in [0, 0.05) is 23.3 Å². The molecule has 0 spiro atoms. The van der Waals surface area contributed by atoms with Crippen LogP contribution in [0.4, 0.5) is 5.82 Å². The Morgan fingerprint density at radius 2 is 2.32 bits per heavy atom. The van der Waals surface area contributed by atoms with Gasteiger partial charge in [-0.05, 0) is 37.0 Å². The summed E-state index contributed by atoms with van der Waals surface area (Å²) in [7, 11) is 0. The molecule has 1 aliphatic rings. The maximum absolute atomic E-state index is 12.6. The fraction of sp³-hybridized carbons (Fsp3) is 0.375. The van der Waals surface area contributed by atoms with Crippen LogP contribution in [0.15, 0.2) is 30.3 Å². The molecule has 2 heterocycles. The highest BCUT2D eigenvalue weighted by Crippen LogP contribution is 2.29. The van der Waals surface area contributed by atoms with Gasteiger partial charge in [-0.2, -0.15) is 5.10 Å². The topological polar surface area (TPSA) is 67.2 Å². The number of amides is 1. The molecule has 5 nitrogen and oxygen atoms in total. The summed E-state index contributed by atoms with van der Waals surface area (Å²) in [6.07, 6.45) is 2.29. The molecule has 2 N–H and O–H groups in total. The zero-order valence-corrected chi connectivity index (χ0v) is 13.1. The van der Waals surface area contributed by atoms with Crippen LogP contribution in [-0.2, 0) is 23.4 Å². The van der Waals surface area contributed by atoms with Gasteiger partial charge in [0.1, 0.15) is 0 Å². The van der Waals surface area contributed by atoms with E-state index in [4.69, 9.17) is 11.6 Å². The van der Waals surface area contributed by atoms with Gasteiger partial charge in [0.2, 0.25) is 0 Å². The number of aromatic nitrogens is 2. The van der Waals surface area contributed by atoms with Gasteiger partial charge in [-0.25, -0.2) is 0 Å². The van der Waals surface area contributed by atoms with Crippen LogP contribution in [0.3, 0.4) is 0 Å². The second-order valence-electron chi connectivity index (χ2n) is 5.53. The summed E-state index contributed by atoms with van der Waals surface area (Å²) in [5.74, 6) is -0.0114. The number of rotatable bonds is 4. The Balaban J connectivity index is 1.84. The third kappa shape index (κ3) is 2.62. The minimum absolute atomic E-state index is 0.243. The van der Waals surface area contributed by atoms with Crippen molar-refractivity contribution in [3.8, 4) is 0 Å². The minimum atomic E-state index is -1.63. The molecule has 0 bridgehead atoms. The van der Waals surface area contributed by atoms with E-state index in [1.165, 1.54) is 0 Å². The maximum atomic E-state index is 12.6. The van der Waals surface area contributed by atoms with E-state index in [1.54, 1.807) is 31.2 Å². The SMILES string of the molecule is CCC(O)(C(=O)Nc1cc2n(n1)CCC2)c1cccc(Cl)c1. The number of benzene rings is 1. The number of nitrogens with zero attached hydrogens (tertiary/aromatic N) is 2. The van der Waals surface area contributed by atoms with Crippen LogP contribution in [0.25, 0.3) is 0 Å². The summed E-state index contributed by atoms with van der Waals surface area (Å²) in [6.45, 7) is 2.63. The summed E-state index contributed by atoms with van der Waals surface area (Å²) in [4.78, 5) is 12.6. The molecule has 0 fully saturated rings. The van der Waals surface area contributed by atoms with Crippen LogP contribution in [0, 0.1) is 0 Å². The monoisotopic (exact) mass is 319 g/mol. The Bertz CT molecular complexity index is 692. The Labute approximate surface area is 133 Å². The van der Waals surface area contributed by atoms with E-state index in [2.05, 4.69) is 10.4 Å². The molecular formula is C16H18ClN3O2. The first-order valence-corrected chi connectivity index (χ1v) is 7.77. The second kappa shape index (κ2) is 5.74. The third-order valence-corrected chi connectivity index (χ3v) is 4.33. The molecule has 0 aliphatic carbocycles. The fourth-order valence-electron chi connectivity index (χ4n) is 2.78. The van der Waals surface area contributed by atoms with Gasteiger partial charge < -0.3 is 10.4 Å². The minimum Gasteiger partial charge on any atom is -0.375 e. The van der Waals surface area contributed by atoms with E-state index >= 15 is 0 Å². The van der Waals surface area contributed by atoms with Crippen LogP contribution in [0.2, 0.25) is 5.02 Å². The second-order valence-corrected chi connectivity index (χ2v) is 5.96. The molecule has 2 aromatic rings. The normalized spacial score (nSPS) is 16.1. The number of carbonyl (C=O) groups is 1. The molecule has 1 aromatic carbocycles. The van der Waals surface area contributed by atoms with Crippen molar-refractivity contribution in [2.45, 2.75) is 38.3 Å². The van der Waals surface area contributed by atoms with E-state index in [-0.39, 0.29) is 6.42 Å². The molecule has 116 valence electrons. The average molecular weight is 320 g/mol. The van der Waals surface area contributed by atoms with Crippen molar-refractivity contribution in [3.63, 3.8) is 0 Å². The van der Waals surface area contributed by atoms with E-state index in [0.29, 0.717) is 16.4 Å². The first-order valence-electron chi connectivity index (χ1n) is 7.39. The molecule has 0 saturated carbocycles. The lowest BCUT2D eigenvalue weighted by Crippen LogP contribution is -2.39. The van der Waals surface area contributed by atoms with Gasteiger partial charge in [-0.15, -0.1) is 0 Å². The smallest absolute Gasteiger partial charge is 0.262 e. The summed E-state index contributed by atoms with van der Waals surface area (Å²) in [5.41, 5.74) is -0.0382. The first kappa shape index (κ1) is 15.1. The molecule has 3 rings (SSSR count). The third-order valence-electron chi connectivity index (χ3n) is 4.10. The zero-order valence-electron chi connectivity index (χ0n) is 12.3. The molecule has 1 unspecified atom stereocenters. The molecule has 6 heteroatoms. The van der Waals surface area contributed by atoms with Gasteiger partial charge in [0.05, 0.1) is 0 Å². The molecule has 0 radical (unpaired) electrons. The van der Waals surface area contributed by atoms with Gasteiger partial charge in [-0.1, -0.05) is 30.7 Å². The largest absolute Gasteiger partial charge is 0.375 e. The number of halogens is 1. The van der Waals surface area contributed by atoms with Crippen molar-refractivity contribution in [2.75, 3.05) is 5.32 Å². The number of carbonyl (C=O) groups excluding carboxylic acids is 1. The number of fused-ring (bicyclic) bond motifs is 1. The zero-order chi connectivity index (χ0) is 15.7. The maximum Gasteiger partial charge on any atom is 0.262 e. The highest BCUT2D eigenvalue weighted by atomic mass is 35.5. The van der Waals surface area contributed by atoms with Crippen LogP contribution < -0.4 is 5.32 Å². The van der Waals surface area contributed by atoms with Crippen LogP contribution >= 0.6 is 11.6 Å². The van der Waals surface area contributed by atoms with Crippen molar-refractivity contribution in [3.05, 3.63) is 46.6 Å². The number of nitrogens with one attached hydrogen (secondary N) is 1. The molecule has 1 atom stereocenters. The molecule has 1 aliphatic heterocycles. The van der Waals surface area contributed by atoms with E-state index < -0.39 is 11.5 Å². The van der Waals surface area contributed by atoms with Crippen LogP contribution in [0.5, 0.6) is 0 Å². The van der Waals surface area contributed by atoms with Gasteiger partial charge >= 0.3 is 0 Å². The highest BCUT2D eigenvalue weighted by molar-refractivity contribution is 6.30. The lowest BCUT2D eigenvalue weighted by molar-refractivity contribution is -0.135. The lowest BCUT2D eigenvalue weighted by atomic mass is 9.90. The molecular weight excluding hydrogens is 302 g/mol. The predicted octanol–water partition coefficient (Wildman–Crippen LogP) is 2.72. The lowest BCUT2D eigenvalue weighted by Gasteiger charge is -2.25. The number of hydrogen-bond donors (Lipinski definition) is 2. The standard InChI is InChI=1S/C16H18ClN3O2/c1-2-16(22,11-5-3-6-12(17)9-11)15(21)18-14-10-13-7-4-8-20(13)19-14/h3,5-6,9-10,22H,2,4,7-8H2,1H3,(H,18,19,21). The van der Waals surface area contributed by atoms with Gasteiger partial charge in [0.15, 0.2) is 11.4 Å². The number of aryl methyl sites for hydroxylation is 2. The van der Waals surface area contributed by atoms with Crippen molar-refractivity contribution in [1.29, 1.82) is 0 Å². The number of anilines is 1. The first-order chi connectivity index (χ1) is 10.5. The van der Waals surface area contributed by atoms with Crippen molar-refractivity contribution in [1.82, 2.24) is 9.78 Å². The number of aliphatic hydroxyl groups is 1. The summed E-state index contributed by atoms with van der Waals surface area (Å²) in [5, 5.41) is 18.3. The van der Waals surface area contributed by atoms with Crippen LogP contribution in [0.1, 0.15) is 31.0 Å². The van der Waals surface area contributed by atoms with Crippen molar-refractivity contribution < 1.29 is 9.90 Å². The van der Waals surface area contributed by atoms with Gasteiger partial charge in [0.25, 0.3) is 5.91 Å². The fourth-order valence-corrected chi connectivity index (χ4v) is 2.97. The Morgan fingerprint density at radius 1 is 1.50 bits per heavy atom. The summed E-state index contributed by atoms with van der Waals surface area (Å²) in [6, 6.07) is 8.59. The summed E-state index contributed by atoms with van der Waals surface area (Å²) >= 11 is 5.96. The van der Waals surface area contributed by atoms with E-state index in [9.17, 15) is 9.90 Å².